The summed E-state index contributed by atoms with van der Waals surface area (Å²) in [6.07, 6.45) is 5.25. The van der Waals surface area contributed by atoms with E-state index in [-0.39, 0.29) is 17.2 Å². The van der Waals surface area contributed by atoms with E-state index in [4.69, 9.17) is 4.98 Å². The number of aryl methyl sites for hydroxylation is 1. The van der Waals surface area contributed by atoms with Gasteiger partial charge in [0.05, 0.1) is 22.3 Å². The maximum absolute atomic E-state index is 12.7. The smallest absolute Gasteiger partial charge is 0.236 e. The van der Waals surface area contributed by atoms with Crippen LogP contribution in [0.25, 0.3) is 11.0 Å². The third-order valence-electron chi connectivity index (χ3n) is 4.61. The molecule has 0 aliphatic carbocycles. The van der Waals surface area contributed by atoms with Gasteiger partial charge in [0.1, 0.15) is 5.82 Å². The Morgan fingerprint density at radius 1 is 1.36 bits per heavy atom. The first kappa shape index (κ1) is 15.4. The molecule has 0 radical (unpaired) electrons. The van der Waals surface area contributed by atoms with Crippen LogP contribution in [0.15, 0.2) is 24.3 Å². The Hall–Kier alpha value is -1.49. The molecule has 1 fully saturated rings. The molecule has 1 aliphatic rings. The number of carbonyl (C=O) groups excluding carboxylic acids is 1. The Morgan fingerprint density at radius 2 is 2.14 bits per heavy atom. The second kappa shape index (κ2) is 6.32. The Balaban J connectivity index is 1.99. The molecule has 2 aromatic rings. The first-order chi connectivity index (χ1) is 10.6. The van der Waals surface area contributed by atoms with E-state index in [9.17, 15) is 4.79 Å². The van der Waals surface area contributed by atoms with Crippen LogP contribution in [0.4, 0.5) is 0 Å². The molecule has 118 valence electrons. The molecule has 5 heteroatoms. The maximum Gasteiger partial charge on any atom is 0.236 e. The number of hydrogen-bond donors (Lipinski definition) is 0. The number of carbonyl (C=O) groups is 1. The first-order valence-electron chi connectivity index (χ1n) is 7.88. The van der Waals surface area contributed by atoms with Crippen LogP contribution in [0.5, 0.6) is 0 Å². The summed E-state index contributed by atoms with van der Waals surface area (Å²) in [6.45, 7) is 2.84. The lowest BCUT2D eigenvalue weighted by molar-refractivity contribution is -0.134. The second-order valence-electron chi connectivity index (χ2n) is 5.94. The van der Waals surface area contributed by atoms with Gasteiger partial charge in [0.15, 0.2) is 0 Å². The van der Waals surface area contributed by atoms with Crippen molar-refractivity contribution in [2.75, 3.05) is 12.8 Å². The van der Waals surface area contributed by atoms with Gasteiger partial charge in [0.2, 0.25) is 5.91 Å². The van der Waals surface area contributed by atoms with Crippen molar-refractivity contribution >= 4 is 28.7 Å². The minimum absolute atomic E-state index is 0.00952. The van der Waals surface area contributed by atoms with Crippen LogP contribution < -0.4 is 0 Å². The van der Waals surface area contributed by atoms with E-state index in [1.54, 1.807) is 11.8 Å². The van der Waals surface area contributed by atoms with E-state index in [1.807, 2.05) is 36.3 Å². The highest BCUT2D eigenvalue weighted by molar-refractivity contribution is 7.99. The molecule has 4 nitrogen and oxygen atoms in total. The molecule has 0 saturated carbocycles. The van der Waals surface area contributed by atoms with Crippen LogP contribution in [-0.2, 0) is 11.8 Å². The van der Waals surface area contributed by atoms with Crippen LogP contribution in [0, 0.1) is 0 Å². The van der Waals surface area contributed by atoms with Gasteiger partial charge in [-0.3, -0.25) is 4.79 Å². The highest BCUT2D eigenvalue weighted by Gasteiger charge is 2.33. The Kier molecular flexibility index (Phi) is 4.43. The molecule has 1 aromatic heterocycles. The monoisotopic (exact) mass is 317 g/mol. The summed E-state index contributed by atoms with van der Waals surface area (Å²) >= 11 is 1.61. The number of aromatic nitrogens is 2. The summed E-state index contributed by atoms with van der Waals surface area (Å²) in [5, 5.41) is 0.00952. The third-order valence-corrected chi connectivity index (χ3v) is 5.52. The summed E-state index contributed by atoms with van der Waals surface area (Å²) in [4.78, 5) is 19.6. The fraction of sp³-hybridized carbons (Fsp3) is 0.529. The number of rotatable bonds is 3. The van der Waals surface area contributed by atoms with Crippen molar-refractivity contribution in [3.63, 3.8) is 0 Å². The molecule has 1 aliphatic heterocycles. The van der Waals surface area contributed by atoms with Gasteiger partial charge in [-0.2, -0.15) is 11.8 Å². The number of fused-ring (bicyclic) bond motifs is 1. The quantitative estimate of drug-likeness (QED) is 0.871. The number of piperidine rings is 1. The number of para-hydroxylation sites is 2. The number of nitrogens with zero attached hydrogens (tertiary/aromatic N) is 3. The molecule has 1 amide bonds. The lowest BCUT2D eigenvalue weighted by Crippen LogP contribution is -2.43. The summed E-state index contributed by atoms with van der Waals surface area (Å²) < 4.78 is 2.15. The van der Waals surface area contributed by atoms with Crippen molar-refractivity contribution in [2.24, 2.45) is 7.05 Å². The Bertz CT molecular complexity index is 682. The molecule has 3 rings (SSSR count). The number of benzene rings is 1. The van der Waals surface area contributed by atoms with Gasteiger partial charge in [0, 0.05) is 13.6 Å². The van der Waals surface area contributed by atoms with Gasteiger partial charge >= 0.3 is 0 Å². The molecular formula is C17H23N3OS. The molecule has 1 saturated heterocycles. The summed E-state index contributed by atoms with van der Waals surface area (Å²) in [7, 11) is 2.06. The zero-order valence-electron chi connectivity index (χ0n) is 13.5. The normalized spacial score (nSPS) is 20.3. The minimum Gasteiger partial charge on any atom is -0.332 e. The lowest BCUT2D eigenvalue weighted by Gasteiger charge is -2.36. The van der Waals surface area contributed by atoms with E-state index in [0.717, 1.165) is 42.7 Å². The molecule has 1 aromatic carbocycles. The predicted octanol–water partition coefficient (Wildman–Crippen LogP) is 3.38. The zero-order valence-corrected chi connectivity index (χ0v) is 14.3. The summed E-state index contributed by atoms with van der Waals surface area (Å²) in [5.74, 6) is 1.26. The topological polar surface area (TPSA) is 38.1 Å². The molecule has 2 heterocycles. The Morgan fingerprint density at radius 3 is 2.86 bits per heavy atom. The van der Waals surface area contributed by atoms with E-state index >= 15 is 0 Å². The summed E-state index contributed by atoms with van der Waals surface area (Å²) in [6, 6.07) is 8.28. The molecule has 22 heavy (non-hydrogen) atoms. The van der Waals surface area contributed by atoms with E-state index in [2.05, 4.69) is 17.7 Å². The van der Waals surface area contributed by atoms with Crippen LogP contribution in [0.2, 0.25) is 0 Å². The van der Waals surface area contributed by atoms with Crippen LogP contribution in [0.3, 0.4) is 0 Å². The van der Waals surface area contributed by atoms with Crippen LogP contribution >= 0.6 is 11.8 Å². The average Bonchev–Trinajstić information content (AvgIpc) is 2.90. The molecule has 0 bridgehead atoms. The fourth-order valence-corrected chi connectivity index (χ4v) is 3.60. The van der Waals surface area contributed by atoms with E-state index < -0.39 is 0 Å². The van der Waals surface area contributed by atoms with Gasteiger partial charge < -0.3 is 9.47 Å². The van der Waals surface area contributed by atoms with E-state index in [0.29, 0.717) is 0 Å². The van der Waals surface area contributed by atoms with E-state index in [1.165, 1.54) is 0 Å². The average molecular weight is 317 g/mol. The van der Waals surface area contributed by atoms with Crippen molar-refractivity contribution in [3.8, 4) is 0 Å². The van der Waals surface area contributed by atoms with Gasteiger partial charge in [-0.05, 0) is 44.6 Å². The largest absolute Gasteiger partial charge is 0.332 e. The molecule has 0 unspecified atom stereocenters. The van der Waals surface area contributed by atoms with Gasteiger partial charge in [-0.25, -0.2) is 4.98 Å². The number of likely N-dealkylation sites (tertiary alicyclic amines) is 1. The van der Waals surface area contributed by atoms with Crippen molar-refractivity contribution < 1.29 is 4.79 Å². The van der Waals surface area contributed by atoms with Crippen LogP contribution in [0.1, 0.15) is 38.1 Å². The fourth-order valence-electron chi connectivity index (χ4n) is 3.26. The Labute approximate surface area is 135 Å². The molecule has 0 N–H and O–H groups in total. The van der Waals surface area contributed by atoms with Crippen molar-refractivity contribution in [3.05, 3.63) is 30.1 Å². The standard InChI is InChI=1S/C17H23N3OS/c1-12(22-3)17(21)20-11-7-6-10-15(20)16-18-13-8-4-5-9-14(13)19(16)2/h4-5,8-9,12,15H,6-7,10-11H2,1-3H3/t12-,15+/m0/s1. The van der Waals surface area contributed by atoms with Gasteiger partial charge in [0.25, 0.3) is 0 Å². The predicted molar refractivity (Wildman–Crippen MR) is 92.0 cm³/mol. The number of amides is 1. The number of hydrogen-bond acceptors (Lipinski definition) is 3. The molecular weight excluding hydrogens is 294 g/mol. The molecule has 0 spiro atoms. The van der Waals surface area contributed by atoms with Gasteiger partial charge in [-0.1, -0.05) is 12.1 Å². The van der Waals surface area contributed by atoms with Crippen molar-refractivity contribution in [1.82, 2.24) is 14.5 Å². The highest BCUT2D eigenvalue weighted by Crippen LogP contribution is 2.33. The number of imidazole rings is 1. The maximum atomic E-state index is 12.7. The molecule has 2 atom stereocenters. The van der Waals surface area contributed by atoms with Gasteiger partial charge in [-0.15, -0.1) is 0 Å². The minimum atomic E-state index is 0.00952. The third kappa shape index (κ3) is 2.62. The highest BCUT2D eigenvalue weighted by atomic mass is 32.2. The number of thioether (sulfide) groups is 1. The first-order valence-corrected chi connectivity index (χ1v) is 9.17. The lowest BCUT2D eigenvalue weighted by atomic mass is 10.0. The van der Waals surface area contributed by atoms with Crippen molar-refractivity contribution in [1.29, 1.82) is 0 Å². The summed E-state index contributed by atoms with van der Waals surface area (Å²) in [5.41, 5.74) is 2.14. The SMILES string of the molecule is CS[C@@H](C)C(=O)N1CCCC[C@@H]1c1nc2ccccc2n1C. The zero-order chi connectivity index (χ0) is 15.7. The van der Waals surface area contributed by atoms with Crippen LogP contribution in [-0.4, -0.2) is 38.4 Å². The second-order valence-corrected chi connectivity index (χ2v) is 7.12. The van der Waals surface area contributed by atoms with Crippen molar-refractivity contribution in [2.45, 2.75) is 37.5 Å².